The average Bonchev–Trinajstić information content (AvgIpc) is 2.51. The fourth-order valence-electron chi connectivity index (χ4n) is 2.72. The number of halogens is 1. The zero-order valence-corrected chi connectivity index (χ0v) is 11.8. The summed E-state index contributed by atoms with van der Waals surface area (Å²) < 4.78 is 12.9. The van der Waals surface area contributed by atoms with Gasteiger partial charge in [0.05, 0.1) is 0 Å². The van der Waals surface area contributed by atoms with Crippen LogP contribution in [0.5, 0.6) is 5.75 Å². The second kappa shape index (κ2) is 6.04. The zero-order chi connectivity index (χ0) is 14.7. The summed E-state index contributed by atoms with van der Waals surface area (Å²) in [5, 5.41) is 14.6. The van der Waals surface area contributed by atoms with Crippen LogP contribution in [0.1, 0.15) is 12.8 Å². The van der Waals surface area contributed by atoms with Gasteiger partial charge in [0, 0.05) is 30.5 Å². The highest BCUT2D eigenvalue weighted by atomic mass is 19.1. The Labute approximate surface area is 124 Å². The summed E-state index contributed by atoms with van der Waals surface area (Å²) in [4.78, 5) is 2.29. The molecule has 1 radical (unpaired) electrons. The number of piperidine rings is 1. The smallest absolute Gasteiger partial charge is 0.178 e. The quantitative estimate of drug-likeness (QED) is 0.923. The van der Waals surface area contributed by atoms with Crippen molar-refractivity contribution in [2.75, 3.05) is 23.3 Å². The van der Waals surface area contributed by atoms with E-state index in [0.717, 1.165) is 37.3 Å². The minimum Gasteiger partial charge on any atom is -0.382 e. The van der Waals surface area contributed by atoms with Gasteiger partial charge in [-0.2, -0.15) is 0 Å². The number of hydrogen-bond acceptors (Lipinski definition) is 2. The van der Waals surface area contributed by atoms with Gasteiger partial charge in [-0.25, -0.2) is 4.39 Å². The molecule has 1 saturated heterocycles. The van der Waals surface area contributed by atoms with E-state index in [1.54, 1.807) is 24.3 Å². The van der Waals surface area contributed by atoms with Gasteiger partial charge < -0.3 is 10.2 Å². The van der Waals surface area contributed by atoms with Crippen molar-refractivity contribution in [1.29, 1.82) is 0 Å². The molecule has 0 atom stereocenters. The lowest BCUT2D eigenvalue weighted by Gasteiger charge is -2.34. The molecular weight excluding hydrogens is 267 g/mol. The van der Waals surface area contributed by atoms with Gasteiger partial charge in [0.25, 0.3) is 0 Å². The Balaban J connectivity index is 1.55. The Morgan fingerprint density at radius 1 is 0.952 bits per heavy atom. The highest BCUT2D eigenvalue weighted by Crippen LogP contribution is 2.24. The molecule has 21 heavy (non-hydrogen) atoms. The van der Waals surface area contributed by atoms with E-state index in [9.17, 15) is 9.50 Å². The van der Waals surface area contributed by atoms with Crippen molar-refractivity contribution in [1.82, 2.24) is 0 Å². The van der Waals surface area contributed by atoms with Crippen molar-refractivity contribution < 1.29 is 9.50 Å². The van der Waals surface area contributed by atoms with Crippen molar-refractivity contribution in [3.8, 4) is 5.75 Å². The molecule has 1 N–H and O–H groups in total. The van der Waals surface area contributed by atoms with E-state index in [0.29, 0.717) is 6.04 Å². The van der Waals surface area contributed by atoms with E-state index in [4.69, 9.17) is 0 Å². The predicted molar refractivity (Wildman–Crippen MR) is 81.8 cm³/mol. The molecule has 0 aliphatic carbocycles. The first kappa shape index (κ1) is 13.7. The molecule has 3 rings (SSSR count). The minimum absolute atomic E-state index is 0.0478. The SMILES string of the molecule is [O]c1ccc(N2CCC(Nc3ccc(F)cc3)CC2)cc1. The lowest BCUT2D eigenvalue weighted by Crippen LogP contribution is -2.39. The summed E-state index contributed by atoms with van der Waals surface area (Å²) in [6.07, 6.45) is 2.05. The lowest BCUT2D eigenvalue weighted by atomic mass is 10.0. The molecule has 4 heteroatoms. The fraction of sp³-hybridized carbons (Fsp3) is 0.294. The van der Waals surface area contributed by atoms with Crippen LogP contribution in [-0.4, -0.2) is 19.1 Å². The number of nitrogens with zero attached hydrogens (tertiary/aromatic N) is 1. The van der Waals surface area contributed by atoms with Crippen molar-refractivity contribution in [2.24, 2.45) is 0 Å². The van der Waals surface area contributed by atoms with Crippen LogP contribution in [0.3, 0.4) is 0 Å². The Morgan fingerprint density at radius 3 is 2.19 bits per heavy atom. The zero-order valence-electron chi connectivity index (χ0n) is 11.8. The standard InChI is InChI=1S/C17H18FN2O/c18-13-1-3-14(4-2-13)19-15-9-11-20(12-10-15)16-5-7-17(21)8-6-16/h1-8,15,19H,9-12H2. The van der Waals surface area contributed by atoms with Crippen LogP contribution in [0.25, 0.3) is 0 Å². The summed E-state index contributed by atoms with van der Waals surface area (Å²) >= 11 is 0. The van der Waals surface area contributed by atoms with Gasteiger partial charge in [-0.05, 0) is 61.4 Å². The van der Waals surface area contributed by atoms with Gasteiger partial charge in [0.15, 0.2) is 5.75 Å². The molecule has 0 unspecified atom stereocenters. The number of benzene rings is 2. The molecule has 109 valence electrons. The van der Waals surface area contributed by atoms with Crippen molar-refractivity contribution >= 4 is 11.4 Å². The first-order valence-electron chi connectivity index (χ1n) is 7.25. The van der Waals surface area contributed by atoms with Crippen LogP contribution in [0.4, 0.5) is 15.8 Å². The highest BCUT2D eigenvalue weighted by molar-refractivity contribution is 5.50. The molecule has 1 aliphatic heterocycles. The van der Waals surface area contributed by atoms with Crippen LogP contribution < -0.4 is 10.2 Å². The monoisotopic (exact) mass is 285 g/mol. The Hall–Kier alpha value is -2.23. The van der Waals surface area contributed by atoms with Crippen LogP contribution in [0, 0.1) is 5.82 Å². The summed E-state index contributed by atoms with van der Waals surface area (Å²) in [6, 6.07) is 13.9. The topological polar surface area (TPSA) is 35.2 Å². The Bertz CT molecular complexity index is 575. The van der Waals surface area contributed by atoms with E-state index in [2.05, 4.69) is 10.2 Å². The molecule has 2 aromatic carbocycles. The molecule has 0 saturated carbocycles. The summed E-state index contributed by atoms with van der Waals surface area (Å²) in [5.41, 5.74) is 2.07. The molecule has 1 heterocycles. The van der Waals surface area contributed by atoms with Crippen molar-refractivity contribution in [3.63, 3.8) is 0 Å². The van der Waals surface area contributed by atoms with E-state index >= 15 is 0 Å². The molecule has 0 bridgehead atoms. The van der Waals surface area contributed by atoms with Gasteiger partial charge >= 0.3 is 0 Å². The number of rotatable bonds is 3. The van der Waals surface area contributed by atoms with Crippen LogP contribution in [0.15, 0.2) is 48.5 Å². The van der Waals surface area contributed by atoms with Gasteiger partial charge in [-0.1, -0.05) is 0 Å². The first-order valence-corrected chi connectivity index (χ1v) is 7.25. The minimum atomic E-state index is -0.211. The predicted octanol–water partition coefficient (Wildman–Crippen LogP) is 4.05. The molecule has 3 nitrogen and oxygen atoms in total. The molecule has 0 amide bonds. The first-order chi connectivity index (χ1) is 10.2. The molecular formula is C17H18FN2O. The van der Waals surface area contributed by atoms with Gasteiger partial charge in [0.2, 0.25) is 0 Å². The molecule has 1 fully saturated rings. The van der Waals surface area contributed by atoms with Gasteiger partial charge in [-0.15, -0.1) is 0 Å². The van der Waals surface area contributed by atoms with Gasteiger partial charge in [0.1, 0.15) is 5.82 Å². The number of nitrogens with one attached hydrogen (secondary N) is 1. The van der Waals surface area contributed by atoms with E-state index in [1.165, 1.54) is 12.1 Å². The van der Waals surface area contributed by atoms with Crippen molar-refractivity contribution in [3.05, 3.63) is 54.3 Å². The van der Waals surface area contributed by atoms with Gasteiger partial charge in [-0.3, -0.25) is 5.11 Å². The maximum Gasteiger partial charge on any atom is 0.178 e. The maximum absolute atomic E-state index is 12.9. The third-order valence-electron chi connectivity index (χ3n) is 3.91. The molecule has 0 aromatic heterocycles. The number of hydrogen-bond donors (Lipinski definition) is 1. The average molecular weight is 285 g/mol. The number of anilines is 2. The third kappa shape index (κ3) is 3.45. The fourth-order valence-corrected chi connectivity index (χ4v) is 2.72. The second-order valence-electron chi connectivity index (χ2n) is 5.41. The summed E-state index contributed by atoms with van der Waals surface area (Å²) in [6.45, 7) is 1.91. The van der Waals surface area contributed by atoms with Crippen LogP contribution in [0.2, 0.25) is 0 Å². The molecule has 1 aliphatic rings. The van der Waals surface area contributed by atoms with Crippen LogP contribution >= 0.6 is 0 Å². The molecule has 0 spiro atoms. The van der Waals surface area contributed by atoms with E-state index in [1.807, 2.05) is 12.1 Å². The van der Waals surface area contributed by atoms with Crippen LogP contribution in [-0.2, 0) is 5.11 Å². The Kier molecular flexibility index (Phi) is 3.95. The normalized spacial score (nSPS) is 16.0. The van der Waals surface area contributed by atoms with Crippen molar-refractivity contribution in [2.45, 2.75) is 18.9 Å². The summed E-state index contributed by atoms with van der Waals surface area (Å²) in [5.74, 6) is -0.163. The third-order valence-corrected chi connectivity index (χ3v) is 3.91. The molecule has 2 aromatic rings. The summed E-state index contributed by atoms with van der Waals surface area (Å²) in [7, 11) is 0. The lowest BCUT2D eigenvalue weighted by molar-refractivity contribution is 0.355. The Morgan fingerprint density at radius 2 is 1.57 bits per heavy atom. The highest BCUT2D eigenvalue weighted by Gasteiger charge is 2.19. The van der Waals surface area contributed by atoms with E-state index < -0.39 is 0 Å². The largest absolute Gasteiger partial charge is 0.382 e. The second-order valence-corrected chi connectivity index (χ2v) is 5.41. The van der Waals surface area contributed by atoms with E-state index in [-0.39, 0.29) is 11.6 Å². The maximum atomic E-state index is 12.9.